The van der Waals surface area contributed by atoms with Crippen molar-refractivity contribution in [2.24, 2.45) is 11.8 Å². The van der Waals surface area contributed by atoms with Crippen molar-refractivity contribution in [1.29, 1.82) is 0 Å². The first-order chi connectivity index (χ1) is 10.4. The monoisotopic (exact) mass is 322 g/mol. The molecule has 2 saturated heterocycles. The number of alkyl halides is 3. The SMILES string of the molecule is O=C(NCC1CCN(C(=O)C(F)(F)F)CC1)[C@H]1CCCOC1. The molecule has 5 nitrogen and oxygen atoms in total. The van der Waals surface area contributed by atoms with Gasteiger partial charge in [-0.2, -0.15) is 13.2 Å². The van der Waals surface area contributed by atoms with Crippen LogP contribution in [0.3, 0.4) is 0 Å². The van der Waals surface area contributed by atoms with Crippen molar-refractivity contribution in [3.8, 4) is 0 Å². The van der Waals surface area contributed by atoms with E-state index >= 15 is 0 Å². The van der Waals surface area contributed by atoms with Crippen LogP contribution >= 0.6 is 0 Å². The van der Waals surface area contributed by atoms with Crippen LogP contribution in [0.15, 0.2) is 0 Å². The van der Waals surface area contributed by atoms with E-state index in [1.165, 1.54) is 0 Å². The second-order valence-electron chi connectivity index (χ2n) is 5.89. The number of hydrogen-bond donors (Lipinski definition) is 1. The van der Waals surface area contributed by atoms with Gasteiger partial charge in [-0.15, -0.1) is 0 Å². The maximum Gasteiger partial charge on any atom is 0.471 e. The molecule has 8 heteroatoms. The van der Waals surface area contributed by atoms with Gasteiger partial charge in [0.15, 0.2) is 0 Å². The molecule has 1 atom stereocenters. The Bertz CT molecular complexity index is 401. The van der Waals surface area contributed by atoms with E-state index in [9.17, 15) is 22.8 Å². The largest absolute Gasteiger partial charge is 0.471 e. The number of hydrogen-bond acceptors (Lipinski definition) is 3. The van der Waals surface area contributed by atoms with Crippen molar-refractivity contribution in [2.75, 3.05) is 32.8 Å². The van der Waals surface area contributed by atoms with Crippen LogP contribution in [-0.2, 0) is 14.3 Å². The molecule has 2 aliphatic rings. The van der Waals surface area contributed by atoms with E-state index in [0.29, 0.717) is 32.6 Å². The standard InChI is InChI=1S/C14H21F3N2O3/c15-14(16,17)13(21)19-5-3-10(4-6-19)8-18-12(20)11-2-1-7-22-9-11/h10-11H,1-9H2,(H,18,20)/t11-/m0/s1. The van der Waals surface area contributed by atoms with Crippen molar-refractivity contribution in [1.82, 2.24) is 10.2 Å². The number of amides is 2. The minimum atomic E-state index is -4.80. The summed E-state index contributed by atoms with van der Waals surface area (Å²) in [6.45, 7) is 1.75. The Morgan fingerprint density at radius 3 is 2.41 bits per heavy atom. The van der Waals surface area contributed by atoms with Crippen molar-refractivity contribution in [3.05, 3.63) is 0 Å². The van der Waals surface area contributed by atoms with E-state index in [-0.39, 0.29) is 30.8 Å². The van der Waals surface area contributed by atoms with Crippen molar-refractivity contribution >= 4 is 11.8 Å². The Morgan fingerprint density at radius 2 is 1.86 bits per heavy atom. The lowest BCUT2D eigenvalue weighted by Gasteiger charge is -2.32. The summed E-state index contributed by atoms with van der Waals surface area (Å²) >= 11 is 0. The molecule has 126 valence electrons. The smallest absolute Gasteiger partial charge is 0.381 e. The van der Waals surface area contributed by atoms with Crippen LogP contribution in [-0.4, -0.2) is 55.7 Å². The third-order valence-corrected chi connectivity index (χ3v) is 4.24. The molecule has 1 N–H and O–H groups in total. The van der Waals surface area contributed by atoms with E-state index in [0.717, 1.165) is 17.7 Å². The number of carbonyl (C=O) groups is 2. The average molecular weight is 322 g/mol. The van der Waals surface area contributed by atoms with Gasteiger partial charge in [-0.25, -0.2) is 0 Å². The molecule has 2 heterocycles. The van der Waals surface area contributed by atoms with E-state index < -0.39 is 12.1 Å². The van der Waals surface area contributed by atoms with Gasteiger partial charge in [0.2, 0.25) is 5.91 Å². The Hall–Kier alpha value is -1.31. The zero-order chi connectivity index (χ0) is 16.2. The Morgan fingerprint density at radius 1 is 1.18 bits per heavy atom. The molecule has 0 saturated carbocycles. The van der Waals surface area contributed by atoms with Gasteiger partial charge >= 0.3 is 12.1 Å². The summed E-state index contributed by atoms with van der Waals surface area (Å²) in [5.74, 6) is -1.82. The Labute approximate surface area is 127 Å². The molecule has 2 rings (SSSR count). The van der Waals surface area contributed by atoms with Crippen LogP contribution in [0.4, 0.5) is 13.2 Å². The predicted octanol–water partition coefficient (Wildman–Crippen LogP) is 1.33. The Balaban J connectivity index is 1.69. The first-order valence-corrected chi connectivity index (χ1v) is 7.59. The summed E-state index contributed by atoms with van der Waals surface area (Å²) in [6, 6.07) is 0. The number of rotatable bonds is 3. The number of carbonyl (C=O) groups excluding carboxylic acids is 2. The maximum absolute atomic E-state index is 12.3. The predicted molar refractivity (Wildman–Crippen MR) is 71.9 cm³/mol. The Kier molecular flexibility index (Phi) is 5.66. The first kappa shape index (κ1) is 17.1. The summed E-state index contributed by atoms with van der Waals surface area (Å²) < 4.78 is 42.2. The van der Waals surface area contributed by atoms with Crippen LogP contribution in [0.25, 0.3) is 0 Å². The van der Waals surface area contributed by atoms with E-state index in [2.05, 4.69) is 5.32 Å². The van der Waals surface area contributed by atoms with Gasteiger partial charge in [-0.05, 0) is 31.6 Å². The lowest BCUT2D eigenvalue weighted by Crippen LogP contribution is -2.47. The zero-order valence-corrected chi connectivity index (χ0v) is 12.3. The molecule has 2 amide bonds. The molecule has 0 unspecified atom stereocenters. The first-order valence-electron chi connectivity index (χ1n) is 7.59. The molecule has 2 fully saturated rings. The third kappa shape index (κ3) is 4.59. The minimum Gasteiger partial charge on any atom is -0.381 e. The summed E-state index contributed by atoms with van der Waals surface area (Å²) in [5.41, 5.74) is 0. The highest BCUT2D eigenvalue weighted by Crippen LogP contribution is 2.23. The van der Waals surface area contributed by atoms with Gasteiger partial charge in [0.05, 0.1) is 12.5 Å². The molecule has 2 aliphatic heterocycles. The minimum absolute atomic E-state index is 0.0477. The maximum atomic E-state index is 12.3. The fourth-order valence-corrected chi connectivity index (χ4v) is 2.86. The molecular formula is C14H21F3N2O3. The molecule has 0 radical (unpaired) electrons. The molecule has 0 aliphatic carbocycles. The van der Waals surface area contributed by atoms with E-state index in [4.69, 9.17) is 4.74 Å². The topological polar surface area (TPSA) is 58.6 Å². The van der Waals surface area contributed by atoms with Crippen molar-refractivity contribution in [2.45, 2.75) is 31.9 Å². The van der Waals surface area contributed by atoms with Gasteiger partial charge in [-0.3, -0.25) is 9.59 Å². The van der Waals surface area contributed by atoms with Gasteiger partial charge in [-0.1, -0.05) is 0 Å². The molecule has 0 spiro atoms. The second kappa shape index (κ2) is 7.30. The number of nitrogens with one attached hydrogen (secondary N) is 1. The highest BCUT2D eigenvalue weighted by Gasteiger charge is 2.43. The summed E-state index contributed by atoms with van der Waals surface area (Å²) in [7, 11) is 0. The average Bonchev–Trinajstić information content (AvgIpc) is 2.52. The lowest BCUT2D eigenvalue weighted by molar-refractivity contribution is -0.186. The van der Waals surface area contributed by atoms with Gasteiger partial charge < -0.3 is 15.0 Å². The fraction of sp³-hybridized carbons (Fsp3) is 0.857. The van der Waals surface area contributed by atoms with Crippen molar-refractivity contribution in [3.63, 3.8) is 0 Å². The van der Waals surface area contributed by atoms with Gasteiger partial charge in [0, 0.05) is 26.2 Å². The fourth-order valence-electron chi connectivity index (χ4n) is 2.86. The molecule has 0 aromatic carbocycles. The van der Waals surface area contributed by atoms with Crippen LogP contribution in [0.5, 0.6) is 0 Å². The number of ether oxygens (including phenoxy) is 1. The quantitative estimate of drug-likeness (QED) is 0.853. The highest BCUT2D eigenvalue weighted by atomic mass is 19.4. The highest BCUT2D eigenvalue weighted by molar-refractivity contribution is 5.82. The summed E-state index contributed by atoms with van der Waals surface area (Å²) in [4.78, 5) is 23.9. The number of piperidine rings is 1. The lowest BCUT2D eigenvalue weighted by atomic mass is 9.95. The third-order valence-electron chi connectivity index (χ3n) is 4.24. The van der Waals surface area contributed by atoms with Gasteiger partial charge in [0.1, 0.15) is 0 Å². The summed E-state index contributed by atoms with van der Waals surface area (Å²) in [5, 5.41) is 2.85. The second-order valence-corrected chi connectivity index (χ2v) is 5.89. The van der Waals surface area contributed by atoms with E-state index in [1.54, 1.807) is 0 Å². The molecule has 0 bridgehead atoms. The van der Waals surface area contributed by atoms with Crippen LogP contribution in [0, 0.1) is 11.8 Å². The molecular weight excluding hydrogens is 301 g/mol. The number of halogens is 3. The van der Waals surface area contributed by atoms with Crippen molar-refractivity contribution < 1.29 is 27.5 Å². The number of likely N-dealkylation sites (tertiary alicyclic amines) is 1. The molecule has 0 aromatic rings. The van der Waals surface area contributed by atoms with E-state index in [1.807, 2.05) is 0 Å². The van der Waals surface area contributed by atoms with Gasteiger partial charge in [0.25, 0.3) is 0 Å². The summed E-state index contributed by atoms with van der Waals surface area (Å²) in [6.07, 6.45) is -2.17. The van der Waals surface area contributed by atoms with Crippen LogP contribution in [0.2, 0.25) is 0 Å². The molecule has 0 aromatic heterocycles. The zero-order valence-electron chi connectivity index (χ0n) is 12.3. The van der Waals surface area contributed by atoms with Crippen LogP contribution < -0.4 is 5.32 Å². The van der Waals surface area contributed by atoms with Crippen LogP contribution in [0.1, 0.15) is 25.7 Å². The number of nitrogens with zero attached hydrogens (tertiary/aromatic N) is 1. The molecule has 22 heavy (non-hydrogen) atoms. The normalized spacial score (nSPS) is 24.1.